The Morgan fingerprint density at radius 1 is 1.08 bits per heavy atom. The summed E-state index contributed by atoms with van der Waals surface area (Å²) < 4.78 is 37.2. The Morgan fingerprint density at radius 2 is 1.67 bits per heavy atom. The number of aryl methyl sites for hydroxylation is 2. The molecule has 1 rings (SSSR count). The molecule has 0 atom stereocenters. The van der Waals surface area contributed by atoms with Crippen LogP contribution in [-0.4, -0.2) is 0 Å². The van der Waals surface area contributed by atoms with E-state index < -0.39 is 12.2 Å². The molecule has 1 aromatic rings. The highest BCUT2D eigenvalue weighted by atomic mass is 19.3. The lowest BCUT2D eigenvalue weighted by molar-refractivity contribution is 0.150. The van der Waals surface area contributed by atoms with E-state index in [0.717, 1.165) is 6.07 Å². The molecular formula is C9H9F3. The topological polar surface area (TPSA) is 0 Å². The normalized spacial score (nSPS) is 10.8. The smallest absolute Gasteiger partial charge is 0.207 e. The van der Waals surface area contributed by atoms with Gasteiger partial charge >= 0.3 is 0 Å². The molecule has 0 saturated heterocycles. The second-order valence-corrected chi connectivity index (χ2v) is 2.76. The molecule has 0 aliphatic carbocycles. The van der Waals surface area contributed by atoms with Crippen molar-refractivity contribution in [3.05, 3.63) is 34.6 Å². The van der Waals surface area contributed by atoms with Crippen LogP contribution < -0.4 is 0 Å². The van der Waals surface area contributed by atoms with Crippen LogP contribution in [0.1, 0.15) is 23.1 Å². The van der Waals surface area contributed by atoms with Crippen LogP contribution in [0.5, 0.6) is 0 Å². The fraction of sp³-hybridized carbons (Fsp3) is 0.333. The van der Waals surface area contributed by atoms with Crippen molar-refractivity contribution in [3.63, 3.8) is 0 Å². The Hall–Kier alpha value is -0.990. The van der Waals surface area contributed by atoms with Gasteiger partial charge in [0.2, 0.25) is 0 Å². The quantitative estimate of drug-likeness (QED) is 0.612. The Kier molecular flexibility index (Phi) is 2.40. The summed E-state index contributed by atoms with van der Waals surface area (Å²) in [5.74, 6) is -0.433. The monoisotopic (exact) mass is 174 g/mol. The Labute approximate surface area is 69.0 Å². The summed E-state index contributed by atoms with van der Waals surface area (Å²) in [6.07, 6.45) is -2.52. The predicted octanol–water partition coefficient (Wildman–Crippen LogP) is 3.38. The van der Waals surface area contributed by atoms with Gasteiger partial charge in [-0.25, -0.2) is 13.2 Å². The molecule has 66 valence electrons. The fourth-order valence-electron chi connectivity index (χ4n) is 1.04. The number of alkyl halides is 2. The van der Waals surface area contributed by atoms with Crippen LogP contribution >= 0.6 is 0 Å². The minimum atomic E-state index is -2.52. The highest BCUT2D eigenvalue weighted by Gasteiger charge is 2.12. The second kappa shape index (κ2) is 3.17. The maximum absolute atomic E-state index is 12.8. The van der Waals surface area contributed by atoms with Crippen molar-refractivity contribution in [2.75, 3.05) is 0 Å². The van der Waals surface area contributed by atoms with Gasteiger partial charge in [-0.15, -0.1) is 0 Å². The van der Waals surface area contributed by atoms with Crippen molar-refractivity contribution in [3.8, 4) is 0 Å². The minimum absolute atomic E-state index is 0.0890. The summed E-state index contributed by atoms with van der Waals surface area (Å²) in [5, 5.41) is 0. The van der Waals surface area contributed by atoms with Gasteiger partial charge in [0.1, 0.15) is 5.82 Å². The van der Waals surface area contributed by atoms with Crippen LogP contribution in [0.2, 0.25) is 0 Å². The molecule has 0 saturated carbocycles. The number of halogens is 3. The molecule has 0 radical (unpaired) electrons. The molecule has 0 fully saturated rings. The van der Waals surface area contributed by atoms with Crippen LogP contribution in [0.4, 0.5) is 13.2 Å². The summed E-state index contributed by atoms with van der Waals surface area (Å²) in [6, 6.07) is 2.33. The number of hydrogen-bond donors (Lipinski definition) is 0. The highest BCUT2D eigenvalue weighted by molar-refractivity contribution is 5.32. The van der Waals surface area contributed by atoms with E-state index in [1.165, 1.54) is 19.9 Å². The third kappa shape index (κ3) is 1.60. The maximum Gasteiger partial charge on any atom is 0.264 e. The van der Waals surface area contributed by atoms with E-state index in [-0.39, 0.29) is 11.1 Å². The molecule has 0 heterocycles. The van der Waals surface area contributed by atoms with Gasteiger partial charge in [-0.2, -0.15) is 0 Å². The first kappa shape index (κ1) is 9.10. The van der Waals surface area contributed by atoms with Crippen molar-refractivity contribution in [2.45, 2.75) is 20.3 Å². The third-order valence-corrected chi connectivity index (χ3v) is 1.78. The standard InChI is InChI=1S/C9H9F3/c1-5-4-8(10)6(2)3-7(5)9(11)12/h3-4,9H,1-2H3. The molecule has 0 bridgehead atoms. The van der Waals surface area contributed by atoms with E-state index in [0.29, 0.717) is 5.56 Å². The molecule has 0 aromatic heterocycles. The lowest BCUT2D eigenvalue weighted by atomic mass is 10.1. The predicted molar refractivity (Wildman–Crippen MR) is 40.8 cm³/mol. The maximum atomic E-state index is 12.8. The van der Waals surface area contributed by atoms with Gasteiger partial charge in [0.25, 0.3) is 6.43 Å². The molecule has 0 aliphatic rings. The van der Waals surface area contributed by atoms with E-state index in [1.54, 1.807) is 0 Å². The highest BCUT2D eigenvalue weighted by Crippen LogP contribution is 2.24. The fourth-order valence-corrected chi connectivity index (χ4v) is 1.04. The Morgan fingerprint density at radius 3 is 2.17 bits per heavy atom. The molecular weight excluding hydrogens is 165 g/mol. The van der Waals surface area contributed by atoms with Crippen molar-refractivity contribution in [1.29, 1.82) is 0 Å². The summed E-state index contributed by atoms with van der Waals surface area (Å²) in [4.78, 5) is 0. The van der Waals surface area contributed by atoms with Crippen LogP contribution in [-0.2, 0) is 0 Å². The molecule has 0 N–H and O–H groups in total. The van der Waals surface area contributed by atoms with Crippen LogP contribution in [0.25, 0.3) is 0 Å². The van der Waals surface area contributed by atoms with Crippen molar-refractivity contribution >= 4 is 0 Å². The largest absolute Gasteiger partial charge is 0.264 e. The zero-order valence-corrected chi connectivity index (χ0v) is 6.87. The average Bonchev–Trinajstić information content (AvgIpc) is 1.96. The SMILES string of the molecule is Cc1cc(C(F)F)c(C)cc1F. The van der Waals surface area contributed by atoms with Gasteiger partial charge in [-0.1, -0.05) is 0 Å². The summed E-state index contributed by atoms with van der Waals surface area (Å²) in [5.41, 5.74) is 0.470. The molecule has 0 spiro atoms. The molecule has 1 aromatic carbocycles. The van der Waals surface area contributed by atoms with Crippen LogP contribution in [0, 0.1) is 19.7 Å². The lowest BCUT2D eigenvalue weighted by Crippen LogP contribution is -1.93. The van der Waals surface area contributed by atoms with E-state index in [1.807, 2.05) is 0 Å². The first-order chi connectivity index (χ1) is 5.52. The zero-order valence-electron chi connectivity index (χ0n) is 6.87. The van der Waals surface area contributed by atoms with Gasteiger partial charge in [0.05, 0.1) is 0 Å². The zero-order chi connectivity index (χ0) is 9.30. The summed E-state index contributed by atoms with van der Waals surface area (Å²) >= 11 is 0. The minimum Gasteiger partial charge on any atom is -0.207 e. The number of hydrogen-bond acceptors (Lipinski definition) is 0. The second-order valence-electron chi connectivity index (χ2n) is 2.76. The summed E-state index contributed by atoms with van der Waals surface area (Å²) in [6.45, 7) is 2.95. The van der Waals surface area contributed by atoms with Gasteiger partial charge in [-0.3, -0.25) is 0 Å². The van der Waals surface area contributed by atoms with Gasteiger partial charge < -0.3 is 0 Å². The van der Waals surface area contributed by atoms with E-state index in [2.05, 4.69) is 0 Å². The van der Waals surface area contributed by atoms with E-state index in [9.17, 15) is 13.2 Å². The Bertz CT molecular complexity index is 292. The number of benzene rings is 1. The van der Waals surface area contributed by atoms with Gasteiger partial charge in [-0.05, 0) is 37.1 Å². The van der Waals surface area contributed by atoms with E-state index in [4.69, 9.17) is 0 Å². The van der Waals surface area contributed by atoms with Gasteiger partial charge in [0, 0.05) is 5.56 Å². The molecule has 3 heteroatoms. The van der Waals surface area contributed by atoms with Crippen molar-refractivity contribution in [2.24, 2.45) is 0 Å². The molecule has 0 unspecified atom stereocenters. The van der Waals surface area contributed by atoms with E-state index >= 15 is 0 Å². The Balaban J connectivity index is 3.23. The number of rotatable bonds is 1. The van der Waals surface area contributed by atoms with Crippen molar-refractivity contribution in [1.82, 2.24) is 0 Å². The van der Waals surface area contributed by atoms with Crippen LogP contribution in [0.3, 0.4) is 0 Å². The molecule has 0 nitrogen and oxygen atoms in total. The third-order valence-electron chi connectivity index (χ3n) is 1.78. The first-order valence-corrected chi connectivity index (χ1v) is 3.57. The first-order valence-electron chi connectivity index (χ1n) is 3.57. The van der Waals surface area contributed by atoms with Crippen molar-refractivity contribution < 1.29 is 13.2 Å². The lowest BCUT2D eigenvalue weighted by Gasteiger charge is -2.06. The molecule has 0 amide bonds. The average molecular weight is 174 g/mol. The van der Waals surface area contributed by atoms with Gasteiger partial charge in [0.15, 0.2) is 0 Å². The molecule has 12 heavy (non-hydrogen) atoms. The molecule has 0 aliphatic heterocycles. The van der Waals surface area contributed by atoms with Crippen LogP contribution in [0.15, 0.2) is 12.1 Å². The summed E-state index contributed by atoms with van der Waals surface area (Å²) in [7, 11) is 0.